The number of rotatable bonds is 6. The van der Waals surface area contributed by atoms with E-state index >= 15 is 0 Å². The molecule has 0 saturated heterocycles. The number of hydrogen-bond acceptors (Lipinski definition) is 5. The van der Waals surface area contributed by atoms with Gasteiger partial charge in [-0.1, -0.05) is 19.3 Å². The Morgan fingerprint density at radius 1 is 0.917 bits per heavy atom. The van der Waals surface area contributed by atoms with Crippen molar-refractivity contribution in [3.8, 4) is 11.5 Å². The maximum atomic E-state index is 13.2. The van der Waals surface area contributed by atoms with Crippen LogP contribution in [0.2, 0.25) is 0 Å². The van der Waals surface area contributed by atoms with Gasteiger partial charge in [0.1, 0.15) is 11.5 Å². The minimum Gasteiger partial charge on any atom is -0.497 e. The highest BCUT2D eigenvalue weighted by Crippen LogP contribution is 2.27. The number of ether oxygens (including phenoxy) is 2. The van der Waals surface area contributed by atoms with E-state index in [1.807, 2.05) is 35.2 Å². The molecule has 0 radical (unpaired) electrons. The Bertz CT molecular complexity index is 1010. The third-order valence-corrected chi connectivity index (χ3v) is 6.81. The number of benzene rings is 2. The van der Waals surface area contributed by atoms with Crippen LogP contribution in [-0.4, -0.2) is 50.1 Å². The van der Waals surface area contributed by atoms with E-state index in [-0.39, 0.29) is 11.8 Å². The lowest BCUT2D eigenvalue weighted by Crippen LogP contribution is -2.35. The molecule has 0 atom stereocenters. The Morgan fingerprint density at radius 3 is 2.17 bits per heavy atom. The number of carbonyl (C=O) groups is 2. The van der Waals surface area contributed by atoms with E-state index in [0.29, 0.717) is 42.7 Å². The molecule has 1 N–H and O–H groups in total. The molecular weight excluding hydrogens is 454 g/mol. The summed E-state index contributed by atoms with van der Waals surface area (Å²) in [5.41, 5.74) is 3.39. The summed E-state index contributed by atoms with van der Waals surface area (Å²) in [4.78, 5) is 30.1. The molecule has 7 heteroatoms. The van der Waals surface area contributed by atoms with Gasteiger partial charge < -0.3 is 19.7 Å². The van der Waals surface area contributed by atoms with Crippen molar-refractivity contribution < 1.29 is 19.1 Å². The van der Waals surface area contributed by atoms with E-state index in [9.17, 15) is 9.59 Å². The quantitative estimate of drug-likeness (QED) is 0.599. The fraction of sp³-hybridized carbons (Fsp3) is 0.517. The minimum atomic E-state index is -0.156. The van der Waals surface area contributed by atoms with Crippen molar-refractivity contribution in [2.75, 3.05) is 32.2 Å². The van der Waals surface area contributed by atoms with Gasteiger partial charge in [0.2, 0.25) is 5.91 Å². The van der Waals surface area contributed by atoms with Crippen LogP contribution in [0.15, 0.2) is 36.4 Å². The summed E-state index contributed by atoms with van der Waals surface area (Å²) < 4.78 is 10.7. The first-order chi connectivity index (χ1) is 17.3. The highest BCUT2D eigenvalue weighted by Gasteiger charge is 2.21. The lowest BCUT2D eigenvalue weighted by Gasteiger charge is -2.31. The maximum Gasteiger partial charge on any atom is 0.251 e. The van der Waals surface area contributed by atoms with E-state index in [2.05, 4.69) is 24.1 Å². The van der Waals surface area contributed by atoms with Gasteiger partial charge in [-0.15, -0.1) is 0 Å². The fourth-order valence-corrected chi connectivity index (χ4v) is 4.67. The van der Waals surface area contributed by atoms with E-state index in [1.165, 1.54) is 12.8 Å². The largest absolute Gasteiger partial charge is 0.497 e. The molecule has 196 valence electrons. The zero-order valence-electron chi connectivity index (χ0n) is 22.4. The molecule has 3 rings (SSSR count). The third-order valence-electron chi connectivity index (χ3n) is 6.81. The second kappa shape index (κ2) is 13.3. The van der Waals surface area contributed by atoms with Crippen LogP contribution < -0.4 is 19.7 Å². The molecule has 2 aromatic rings. The van der Waals surface area contributed by atoms with Crippen LogP contribution in [-0.2, 0) is 17.9 Å². The van der Waals surface area contributed by atoms with Crippen LogP contribution in [0.25, 0.3) is 0 Å². The molecule has 7 nitrogen and oxygen atoms in total. The van der Waals surface area contributed by atoms with Crippen molar-refractivity contribution in [2.45, 2.75) is 72.0 Å². The van der Waals surface area contributed by atoms with Gasteiger partial charge in [0.05, 0.1) is 14.2 Å². The molecule has 0 unspecified atom stereocenters. The first-order valence-electron chi connectivity index (χ1n) is 13.0. The number of nitrogens with one attached hydrogen (secondary N) is 1. The molecule has 1 heterocycles. The second-order valence-corrected chi connectivity index (χ2v) is 9.75. The van der Waals surface area contributed by atoms with Crippen molar-refractivity contribution in [1.29, 1.82) is 0 Å². The summed E-state index contributed by atoms with van der Waals surface area (Å²) in [6.45, 7) is 8.78. The van der Waals surface area contributed by atoms with Gasteiger partial charge in [-0.2, -0.15) is 0 Å². The van der Waals surface area contributed by atoms with Gasteiger partial charge in [0.25, 0.3) is 5.91 Å². The molecule has 1 aliphatic rings. The summed E-state index contributed by atoms with van der Waals surface area (Å²) >= 11 is 0. The Hall–Kier alpha value is -3.06. The van der Waals surface area contributed by atoms with E-state index < -0.39 is 0 Å². The number of fused-ring (bicyclic) bond motifs is 1. The van der Waals surface area contributed by atoms with Crippen LogP contribution in [0, 0.1) is 0 Å². The summed E-state index contributed by atoms with van der Waals surface area (Å²) in [6, 6.07) is 11.6. The van der Waals surface area contributed by atoms with Gasteiger partial charge in [-0.05, 0) is 74.7 Å². The molecular formula is C29H41N3O4. The predicted molar refractivity (Wildman–Crippen MR) is 144 cm³/mol. The molecule has 36 heavy (non-hydrogen) atoms. The number of carbonyl (C=O) groups excluding carboxylic acids is 2. The van der Waals surface area contributed by atoms with Crippen molar-refractivity contribution in [3.63, 3.8) is 0 Å². The standard InChI is InChI=1S/C29H41N3O4/c1-21(2)31-13-9-7-6-8-10-14-32(22(3)33)28-12-11-24(17-25(28)20-31)29(34)30-19-23-15-26(35-4)18-27(16-23)36-5/h11-12,15-18,21H,6-10,13-14,19-20H2,1-5H3,(H,30,34). The van der Waals surface area contributed by atoms with E-state index in [1.54, 1.807) is 27.2 Å². The zero-order valence-corrected chi connectivity index (χ0v) is 22.4. The van der Waals surface area contributed by atoms with E-state index in [4.69, 9.17) is 9.47 Å². The van der Waals surface area contributed by atoms with E-state index in [0.717, 1.165) is 42.6 Å². The van der Waals surface area contributed by atoms with Crippen LogP contribution in [0.5, 0.6) is 11.5 Å². The Labute approximate surface area is 215 Å². The number of anilines is 1. The fourth-order valence-electron chi connectivity index (χ4n) is 4.67. The minimum absolute atomic E-state index is 0.0357. The average Bonchev–Trinajstić information content (AvgIpc) is 2.86. The SMILES string of the molecule is COc1cc(CNC(=O)c2ccc3c(c2)CN(C(C)C)CCCCCCCN3C(C)=O)cc(OC)c1. The summed E-state index contributed by atoms with van der Waals surface area (Å²) in [6.07, 6.45) is 5.67. The molecule has 2 aromatic carbocycles. The zero-order chi connectivity index (χ0) is 26.1. The molecule has 0 saturated carbocycles. The topological polar surface area (TPSA) is 71.1 Å². The summed E-state index contributed by atoms with van der Waals surface area (Å²) in [7, 11) is 3.21. The molecule has 0 aliphatic carbocycles. The van der Waals surface area contributed by atoms with Crippen LogP contribution in [0.1, 0.15) is 74.4 Å². The molecule has 2 amide bonds. The average molecular weight is 496 g/mol. The number of methoxy groups -OCH3 is 2. The smallest absolute Gasteiger partial charge is 0.251 e. The molecule has 0 fully saturated rings. The second-order valence-electron chi connectivity index (χ2n) is 9.75. The lowest BCUT2D eigenvalue weighted by molar-refractivity contribution is -0.116. The summed E-state index contributed by atoms with van der Waals surface area (Å²) in [5, 5.41) is 3.02. The Balaban J connectivity index is 1.87. The van der Waals surface area contributed by atoms with Gasteiger partial charge in [0, 0.05) is 49.9 Å². The summed E-state index contributed by atoms with van der Waals surface area (Å²) in [5.74, 6) is 1.23. The van der Waals surface area contributed by atoms with Crippen LogP contribution >= 0.6 is 0 Å². The van der Waals surface area contributed by atoms with Crippen molar-refractivity contribution in [3.05, 3.63) is 53.1 Å². The third kappa shape index (κ3) is 7.47. The number of nitrogens with zero attached hydrogens (tertiary/aromatic N) is 2. The number of hydrogen-bond donors (Lipinski definition) is 1. The monoisotopic (exact) mass is 495 g/mol. The molecule has 1 aliphatic heterocycles. The Kier molecular flexibility index (Phi) is 10.2. The predicted octanol–water partition coefficient (Wildman–Crippen LogP) is 5.16. The van der Waals surface area contributed by atoms with Crippen molar-refractivity contribution >= 4 is 17.5 Å². The highest BCUT2D eigenvalue weighted by molar-refractivity contribution is 5.97. The van der Waals surface area contributed by atoms with Gasteiger partial charge in [-0.3, -0.25) is 14.5 Å². The normalized spacial score (nSPS) is 15.4. The lowest BCUT2D eigenvalue weighted by atomic mass is 10.0. The first-order valence-corrected chi connectivity index (χ1v) is 13.0. The van der Waals surface area contributed by atoms with Crippen LogP contribution in [0.4, 0.5) is 5.69 Å². The molecule has 0 aromatic heterocycles. The van der Waals surface area contributed by atoms with Crippen LogP contribution in [0.3, 0.4) is 0 Å². The Morgan fingerprint density at radius 2 is 1.56 bits per heavy atom. The number of amides is 2. The van der Waals surface area contributed by atoms with Crippen molar-refractivity contribution in [2.24, 2.45) is 0 Å². The highest BCUT2D eigenvalue weighted by atomic mass is 16.5. The van der Waals surface area contributed by atoms with Crippen molar-refractivity contribution in [1.82, 2.24) is 10.2 Å². The first kappa shape index (κ1) is 27.5. The maximum absolute atomic E-state index is 13.2. The van der Waals surface area contributed by atoms with Gasteiger partial charge in [-0.25, -0.2) is 0 Å². The van der Waals surface area contributed by atoms with Gasteiger partial charge in [0.15, 0.2) is 0 Å². The molecule has 0 spiro atoms. The molecule has 0 bridgehead atoms. The van der Waals surface area contributed by atoms with Gasteiger partial charge >= 0.3 is 0 Å².